The van der Waals surface area contributed by atoms with Crippen LogP contribution in [0.25, 0.3) is 0 Å². The van der Waals surface area contributed by atoms with Crippen LogP contribution in [-0.4, -0.2) is 80.8 Å². The summed E-state index contributed by atoms with van der Waals surface area (Å²) in [5.41, 5.74) is -0.661. The van der Waals surface area contributed by atoms with Crippen LogP contribution in [-0.2, 0) is 4.74 Å². The van der Waals surface area contributed by atoms with Gasteiger partial charge in [-0.2, -0.15) is 0 Å². The minimum Gasteiger partial charge on any atom is -0.444 e. The van der Waals surface area contributed by atoms with Crippen molar-refractivity contribution in [1.29, 1.82) is 0 Å². The van der Waals surface area contributed by atoms with E-state index in [4.69, 9.17) is 4.74 Å². The lowest BCUT2D eigenvalue weighted by Gasteiger charge is -2.27. The van der Waals surface area contributed by atoms with Gasteiger partial charge < -0.3 is 25.6 Å². The summed E-state index contributed by atoms with van der Waals surface area (Å²) in [6.45, 7) is 5.61. The molecule has 0 spiro atoms. The van der Waals surface area contributed by atoms with E-state index in [1.54, 1.807) is 20.8 Å². The van der Waals surface area contributed by atoms with E-state index in [-0.39, 0.29) is 19.6 Å². The van der Waals surface area contributed by atoms with Crippen molar-refractivity contribution in [2.45, 2.75) is 38.2 Å². The Kier molecular flexibility index (Phi) is 7.88. The van der Waals surface area contributed by atoms with Gasteiger partial charge in [0.15, 0.2) is 0 Å². The fourth-order valence-corrected chi connectivity index (χ4v) is 2.16. The molecule has 0 aromatic carbocycles. The number of ether oxygens (including phenoxy) is 1. The zero-order valence-electron chi connectivity index (χ0n) is 14.9. The molecule has 2 aliphatic rings. The number of alkyl halides is 4. The summed E-state index contributed by atoms with van der Waals surface area (Å²) in [6, 6.07) is 0. The Morgan fingerprint density at radius 1 is 0.920 bits per heavy atom. The van der Waals surface area contributed by atoms with E-state index < -0.39 is 36.6 Å². The molecule has 0 saturated carbocycles. The molecule has 10 heteroatoms. The fraction of sp³-hybridized carbons (Fsp3) is 0.933. The number of carbonyl (C=O) groups is 1. The highest BCUT2D eigenvalue weighted by atomic mass is 19.3. The average molecular weight is 372 g/mol. The fourth-order valence-electron chi connectivity index (χ4n) is 2.16. The van der Waals surface area contributed by atoms with Crippen LogP contribution in [0.2, 0.25) is 0 Å². The Labute approximate surface area is 145 Å². The van der Waals surface area contributed by atoms with Crippen molar-refractivity contribution in [3.63, 3.8) is 0 Å². The van der Waals surface area contributed by atoms with Crippen molar-refractivity contribution in [3.8, 4) is 0 Å². The number of amides is 1. The molecule has 2 fully saturated rings. The number of nitrogens with one attached hydrogen (secondary N) is 3. The largest absolute Gasteiger partial charge is 0.444 e. The third-order valence-electron chi connectivity index (χ3n) is 3.26. The first-order chi connectivity index (χ1) is 11.4. The number of hydrogen-bond acceptors (Lipinski definition) is 5. The maximum atomic E-state index is 13.2. The smallest absolute Gasteiger partial charge is 0.410 e. The van der Waals surface area contributed by atoms with Crippen molar-refractivity contribution in [1.82, 2.24) is 20.9 Å². The molecule has 0 bridgehead atoms. The molecular formula is C15H28F4N4O2. The van der Waals surface area contributed by atoms with Crippen LogP contribution in [0.4, 0.5) is 22.4 Å². The van der Waals surface area contributed by atoms with Crippen molar-refractivity contribution < 1.29 is 27.1 Å². The van der Waals surface area contributed by atoms with Gasteiger partial charge in [-0.3, -0.25) is 0 Å². The maximum Gasteiger partial charge on any atom is 0.410 e. The summed E-state index contributed by atoms with van der Waals surface area (Å²) < 4.78 is 56.1. The predicted molar refractivity (Wildman–Crippen MR) is 86.3 cm³/mol. The molecule has 2 aliphatic heterocycles. The Balaban J connectivity index is 0.000000293. The molecule has 0 aliphatic carbocycles. The predicted octanol–water partition coefficient (Wildman–Crippen LogP) is 1.28. The number of halogens is 4. The molecule has 3 N–H and O–H groups in total. The van der Waals surface area contributed by atoms with E-state index in [1.165, 1.54) is 0 Å². The minimum atomic E-state index is -2.90. The summed E-state index contributed by atoms with van der Waals surface area (Å²) in [5.74, 6) is -5.45. The van der Waals surface area contributed by atoms with Gasteiger partial charge in [-0.1, -0.05) is 0 Å². The van der Waals surface area contributed by atoms with Crippen LogP contribution in [0, 0.1) is 0 Å². The molecule has 6 nitrogen and oxygen atoms in total. The van der Waals surface area contributed by atoms with Gasteiger partial charge in [0, 0.05) is 26.2 Å². The molecule has 2 saturated heterocycles. The van der Waals surface area contributed by atoms with E-state index in [1.807, 2.05) is 0 Å². The first-order valence-electron chi connectivity index (χ1n) is 8.26. The lowest BCUT2D eigenvalue weighted by Crippen LogP contribution is -2.43. The maximum absolute atomic E-state index is 13.2. The molecule has 0 unspecified atom stereocenters. The van der Waals surface area contributed by atoms with Gasteiger partial charge in [0.25, 0.3) is 11.8 Å². The Hall–Kier alpha value is -1.13. The van der Waals surface area contributed by atoms with Crippen LogP contribution in [0.15, 0.2) is 0 Å². The van der Waals surface area contributed by atoms with Crippen molar-refractivity contribution in [2.75, 3.05) is 52.4 Å². The SMILES string of the molecule is CC(C)(C)OC(=O)N1CCNCC(F)(F)C1.FC1(F)CNCCNC1. The first-order valence-corrected chi connectivity index (χ1v) is 8.26. The summed E-state index contributed by atoms with van der Waals surface area (Å²) in [4.78, 5) is 12.6. The van der Waals surface area contributed by atoms with Gasteiger partial charge in [0.05, 0.1) is 26.2 Å². The second kappa shape index (κ2) is 9.00. The Bertz CT molecular complexity index is 420. The van der Waals surface area contributed by atoms with Crippen molar-refractivity contribution >= 4 is 6.09 Å². The Morgan fingerprint density at radius 2 is 1.40 bits per heavy atom. The normalized spacial score (nSPS) is 23.6. The zero-order chi connectivity index (χ0) is 19.1. The summed E-state index contributed by atoms with van der Waals surface area (Å²) in [5, 5.41) is 7.84. The van der Waals surface area contributed by atoms with E-state index in [9.17, 15) is 22.4 Å². The van der Waals surface area contributed by atoms with Crippen molar-refractivity contribution in [2.24, 2.45) is 0 Å². The van der Waals surface area contributed by atoms with Crippen LogP contribution in [0.3, 0.4) is 0 Å². The topological polar surface area (TPSA) is 65.6 Å². The van der Waals surface area contributed by atoms with Gasteiger partial charge in [0.2, 0.25) is 0 Å². The highest BCUT2D eigenvalue weighted by Crippen LogP contribution is 2.18. The third-order valence-corrected chi connectivity index (χ3v) is 3.26. The molecule has 25 heavy (non-hydrogen) atoms. The van der Waals surface area contributed by atoms with Crippen LogP contribution in [0.5, 0.6) is 0 Å². The molecule has 1 amide bonds. The number of hydrogen-bond donors (Lipinski definition) is 3. The molecule has 148 valence electrons. The van der Waals surface area contributed by atoms with Crippen LogP contribution in [0.1, 0.15) is 20.8 Å². The summed E-state index contributed by atoms with van der Waals surface area (Å²) in [7, 11) is 0. The minimum absolute atomic E-state index is 0.194. The molecule has 0 atom stereocenters. The van der Waals surface area contributed by atoms with Crippen molar-refractivity contribution in [3.05, 3.63) is 0 Å². The zero-order valence-corrected chi connectivity index (χ0v) is 14.9. The molecule has 2 heterocycles. The molecule has 0 aromatic rings. The quantitative estimate of drug-likeness (QED) is 0.559. The highest BCUT2D eigenvalue weighted by Gasteiger charge is 2.36. The monoisotopic (exact) mass is 372 g/mol. The molecule has 2 rings (SSSR count). The summed E-state index contributed by atoms with van der Waals surface area (Å²) >= 11 is 0. The van der Waals surface area contributed by atoms with E-state index in [0.717, 1.165) is 4.90 Å². The van der Waals surface area contributed by atoms with Gasteiger partial charge >= 0.3 is 6.09 Å². The Morgan fingerprint density at radius 3 is 1.92 bits per heavy atom. The lowest BCUT2D eigenvalue weighted by molar-refractivity contribution is -0.0305. The van der Waals surface area contributed by atoms with Gasteiger partial charge in [0.1, 0.15) is 5.60 Å². The number of rotatable bonds is 0. The number of carbonyl (C=O) groups excluding carboxylic acids is 1. The molecule has 0 aromatic heterocycles. The molecular weight excluding hydrogens is 344 g/mol. The van der Waals surface area contributed by atoms with Gasteiger partial charge in [-0.05, 0) is 20.8 Å². The third kappa shape index (κ3) is 9.81. The first kappa shape index (κ1) is 21.9. The van der Waals surface area contributed by atoms with E-state index in [0.29, 0.717) is 19.6 Å². The van der Waals surface area contributed by atoms with E-state index in [2.05, 4.69) is 16.0 Å². The van der Waals surface area contributed by atoms with Gasteiger partial charge in [-0.15, -0.1) is 0 Å². The summed E-state index contributed by atoms with van der Waals surface area (Å²) in [6.07, 6.45) is -0.684. The molecule has 0 radical (unpaired) electrons. The highest BCUT2D eigenvalue weighted by molar-refractivity contribution is 5.68. The van der Waals surface area contributed by atoms with E-state index >= 15 is 0 Å². The standard InChI is InChI=1S/C10H18F2N2O2.C5H10F2N2/c1-9(2,3)16-8(15)14-5-4-13-6-10(11,12)7-14;6-5(7)3-8-1-2-9-4-5/h13H,4-7H2,1-3H3;8-9H,1-4H2. The second-order valence-corrected chi connectivity index (χ2v) is 7.14. The van der Waals surface area contributed by atoms with Crippen LogP contribution < -0.4 is 16.0 Å². The lowest BCUT2D eigenvalue weighted by atomic mass is 10.2. The van der Waals surface area contributed by atoms with Gasteiger partial charge in [-0.25, -0.2) is 22.4 Å². The second-order valence-electron chi connectivity index (χ2n) is 7.14. The average Bonchev–Trinajstić information content (AvgIpc) is 2.74. The van der Waals surface area contributed by atoms with Crippen LogP contribution >= 0.6 is 0 Å². The number of nitrogens with zero attached hydrogens (tertiary/aromatic N) is 1.